The maximum absolute atomic E-state index is 12.4. The highest BCUT2D eigenvalue weighted by atomic mass is 32.2. The second kappa shape index (κ2) is 18.8. The Hall–Kier alpha value is -4.62. The van der Waals surface area contributed by atoms with E-state index >= 15 is 0 Å². The maximum Gasteiger partial charge on any atom is 0.333 e. The lowest BCUT2D eigenvalue weighted by Gasteiger charge is -2.30. The zero-order valence-corrected chi connectivity index (χ0v) is 37.9. The maximum atomic E-state index is 12.4. The fraction of sp³-hybridized carbons (Fsp3) is 0.450. The van der Waals surface area contributed by atoms with Gasteiger partial charge in [0, 0.05) is 61.2 Å². The summed E-state index contributed by atoms with van der Waals surface area (Å²) in [5.41, 5.74) is 0.630. The van der Waals surface area contributed by atoms with Gasteiger partial charge in [0.1, 0.15) is 10.1 Å². The van der Waals surface area contributed by atoms with Crippen LogP contribution in [0.4, 0.5) is 11.4 Å². The molecule has 3 aliphatic heterocycles. The predicted octanol–water partition coefficient (Wildman–Crippen LogP) is 4.45. The van der Waals surface area contributed by atoms with Gasteiger partial charge in [-0.25, -0.2) is 13.2 Å². The Morgan fingerprint density at radius 1 is 0.841 bits per heavy atom. The lowest BCUT2D eigenvalue weighted by Crippen LogP contribution is -2.32. The predicted molar refractivity (Wildman–Crippen MR) is 227 cm³/mol. The van der Waals surface area contributed by atoms with Crippen LogP contribution in [0.5, 0.6) is 0 Å². The van der Waals surface area contributed by atoms with Gasteiger partial charge in [-0.15, -0.1) is 5.06 Å². The number of rotatable bonds is 20. The summed E-state index contributed by atoms with van der Waals surface area (Å²) in [6, 6.07) is 8.24. The average molecular weight is 956 g/mol. The van der Waals surface area contributed by atoms with Gasteiger partial charge in [-0.05, 0) is 82.4 Å². The first-order valence-electron chi connectivity index (χ1n) is 19.8. The highest BCUT2D eigenvalue weighted by Gasteiger charge is 2.47. The number of anilines is 1. The van der Waals surface area contributed by atoms with Gasteiger partial charge in [0.2, 0.25) is 5.69 Å². The molecule has 0 aromatic heterocycles. The largest absolute Gasteiger partial charge is 0.744 e. The van der Waals surface area contributed by atoms with Gasteiger partial charge >= 0.3 is 5.97 Å². The molecule has 2 aromatic carbocycles. The van der Waals surface area contributed by atoms with Crippen LogP contribution in [-0.4, -0.2) is 103 Å². The highest BCUT2D eigenvalue weighted by Crippen LogP contribution is 2.51. The molecule has 23 heteroatoms. The third-order valence-electron chi connectivity index (χ3n) is 11.2. The van der Waals surface area contributed by atoms with Crippen LogP contribution >= 0.6 is 0 Å². The Balaban J connectivity index is 1.49. The Morgan fingerprint density at radius 3 is 2.11 bits per heavy atom. The van der Waals surface area contributed by atoms with E-state index in [9.17, 15) is 66.3 Å². The number of amides is 2. The van der Waals surface area contributed by atoms with E-state index in [1.165, 1.54) is 30.3 Å². The zero-order valence-electron chi connectivity index (χ0n) is 34.7. The standard InChI is InChI=1S/C40H49N3O16S4/c1-39(2)33(16-11-25-60(47,48)49)42(31-13-10-14-32(38(31)39)63(56,57)58)23-9-5-6-15-34-40(3,22-8-4-7-17-37(46)59-43-35(44)20-21-36(43)45)29-27-28(62(53,54)55)18-19-30(29)41(34)24-12-26-61(50,51)52/h5-6,9-10,13-15,18-19,23,27H,4,7-8,11-12,16-17,20-22,24-26H2,1-3H3,(H3-,47,48,49,50,51,52,53,54,55,56,57,58)/b6-5+,23-9+,34-15+. The summed E-state index contributed by atoms with van der Waals surface area (Å²) >= 11 is 0. The Labute approximate surface area is 366 Å². The normalized spacial score (nSPS) is 19.9. The topological polar surface area (TPSA) is 290 Å². The first-order chi connectivity index (χ1) is 29.1. The molecule has 344 valence electrons. The molecular formula is C40H49N3O16S4. The monoisotopic (exact) mass is 955 g/mol. The van der Waals surface area contributed by atoms with Gasteiger partial charge in [0.05, 0.1) is 32.3 Å². The number of benzene rings is 2. The van der Waals surface area contributed by atoms with Crippen molar-refractivity contribution in [3.05, 3.63) is 83.7 Å². The summed E-state index contributed by atoms with van der Waals surface area (Å²) in [4.78, 5) is 42.0. The molecule has 1 atom stereocenters. The Bertz CT molecular complexity index is 2740. The summed E-state index contributed by atoms with van der Waals surface area (Å²) in [5.74, 6) is -3.13. The molecule has 0 saturated carbocycles. The van der Waals surface area contributed by atoms with Crippen LogP contribution in [0.15, 0.2) is 82.4 Å². The molecule has 5 rings (SSSR count). The number of fused-ring (bicyclic) bond motifs is 2. The van der Waals surface area contributed by atoms with E-state index < -0.39 is 85.5 Å². The van der Waals surface area contributed by atoms with E-state index in [1.54, 1.807) is 59.9 Å². The van der Waals surface area contributed by atoms with Crippen LogP contribution in [0, 0.1) is 0 Å². The van der Waals surface area contributed by atoms with Crippen LogP contribution in [-0.2, 0) is 70.5 Å². The smallest absolute Gasteiger partial charge is 0.333 e. The summed E-state index contributed by atoms with van der Waals surface area (Å²) in [6.07, 6.45) is 9.53. The first kappa shape index (κ1) is 49.4. The highest BCUT2D eigenvalue weighted by molar-refractivity contribution is 7.86. The van der Waals surface area contributed by atoms with Crippen molar-refractivity contribution in [1.29, 1.82) is 0 Å². The van der Waals surface area contributed by atoms with Crippen molar-refractivity contribution in [2.75, 3.05) is 23.0 Å². The van der Waals surface area contributed by atoms with Gasteiger partial charge in [-0.1, -0.05) is 31.1 Å². The van der Waals surface area contributed by atoms with Crippen LogP contribution in [0.1, 0.15) is 96.1 Å². The number of carbonyl (C=O) groups excluding carboxylic acids is 3. The van der Waals surface area contributed by atoms with Crippen molar-refractivity contribution in [3.8, 4) is 0 Å². The minimum atomic E-state index is -4.93. The minimum Gasteiger partial charge on any atom is -0.744 e. The summed E-state index contributed by atoms with van der Waals surface area (Å²) in [7, 11) is -18.3. The van der Waals surface area contributed by atoms with Crippen LogP contribution in [0.2, 0.25) is 0 Å². The molecule has 63 heavy (non-hydrogen) atoms. The van der Waals surface area contributed by atoms with Crippen molar-refractivity contribution in [2.24, 2.45) is 0 Å². The molecule has 0 aliphatic carbocycles. The minimum absolute atomic E-state index is 0.0200. The number of nitrogens with zero attached hydrogens (tertiary/aromatic N) is 3. The van der Waals surface area contributed by atoms with Crippen molar-refractivity contribution >= 4 is 75.3 Å². The van der Waals surface area contributed by atoms with Crippen molar-refractivity contribution in [2.45, 2.75) is 106 Å². The number of hydroxylamine groups is 2. The number of allylic oxidation sites excluding steroid dienone is 5. The van der Waals surface area contributed by atoms with E-state index in [-0.39, 0.29) is 55.5 Å². The van der Waals surface area contributed by atoms with Crippen LogP contribution < -0.4 is 4.90 Å². The molecule has 2 aromatic rings. The Kier molecular flexibility index (Phi) is 14.8. The summed E-state index contributed by atoms with van der Waals surface area (Å²) in [5, 5.41) is 0.467. The molecule has 1 unspecified atom stereocenters. The lowest BCUT2D eigenvalue weighted by molar-refractivity contribution is -0.359. The zero-order chi connectivity index (χ0) is 46.8. The van der Waals surface area contributed by atoms with Crippen molar-refractivity contribution in [3.63, 3.8) is 0 Å². The van der Waals surface area contributed by atoms with E-state index in [0.29, 0.717) is 59.1 Å². The number of imide groups is 1. The average Bonchev–Trinajstić information content (AvgIpc) is 3.68. The lowest BCUT2D eigenvalue weighted by atomic mass is 9.77. The second-order valence-corrected chi connectivity index (χ2v) is 22.0. The molecule has 19 nitrogen and oxygen atoms in total. The molecule has 3 N–H and O–H groups in total. The van der Waals surface area contributed by atoms with Gasteiger partial charge < -0.3 is 14.3 Å². The second-order valence-electron chi connectivity index (χ2n) is 16.1. The van der Waals surface area contributed by atoms with Crippen LogP contribution in [0.3, 0.4) is 0 Å². The van der Waals surface area contributed by atoms with Crippen molar-refractivity contribution in [1.82, 2.24) is 5.06 Å². The number of hydrogen-bond acceptors (Lipinski definition) is 14. The number of carbonyl (C=O) groups is 3. The molecule has 3 heterocycles. The quantitative estimate of drug-likeness (QED) is 0.0543. The number of hydrogen-bond donors (Lipinski definition) is 3. The molecular weight excluding hydrogens is 907 g/mol. The van der Waals surface area contributed by atoms with Gasteiger partial charge in [-0.3, -0.25) is 23.2 Å². The van der Waals surface area contributed by atoms with E-state index in [2.05, 4.69) is 0 Å². The molecule has 0 radical (unpaired) electrons. The molecule has 0 bridgehead atoms. The van der Waals surface area contributed by atoms with Gasteiger partial charge in [0.15, 0.2) is 11.9 Å². The first-order valence-corrected chi connectivity index (χ1v) is 25.9. The van der Waals surface area contributed by atoms with E-state index in [1.807, 2.05) is 6.92 Å². The van der Waals surface area contributed by atoms with Gasteiger partial charge in [0.25, 0.3) is 42.2 Å². The van der Waals surface area contributed by atoms with E-state index in [0.717, 1.165) is 0 Å². The molecule has 0 spiro atoms. The SMILES string of the molecule is CC1(C)C(CCCS(=O)(=O)O)=[N+](/C=C/C=C/C=C2/N(CCCS(=O)(=O)O)c3ccc(S(=O)(=O)O)cc3C2(C)CCCCCC(=O)ON2C(=O)CCC2=O)c2cccc(S(=O)(=O)[O-])c21. The fourth-order valence-corrected chi connectivity index (χ4v) is 10.7. The van der Waals surface area contributed by atoms with Crippen molar-refractivity contribution < 1.29 is 75.7 Å². The Morgan fingerprint density at radius 2 is 1.49 bits per heavy atom. The third kappa shape index (κ3) is 11.8. The van der Waals surface area contributed by atoms with Gasteiger partial charge in [-0.2, -0.15) is 29.8 Å². The molecule has 3 aliphatic rings. The fourth-order valence-electron chi connectivity index (χ4n) is 8.35. The molecule has 1 fully saturated rings. The molecule has 2 amide bonds. The number of unbranched alkanes of at least 4 members (excludes halogenated alkanes) is 2. The summed E-state index contributed by atoms with van der Waals surface area (Å²) < 4.78 is 139. The summed E-state index contributed by atoms with van der Waals surface area (Å²) in [6.45, 7) is 5.28. The van der Waals surface area contributed by atoms with E-state index in [4.69, 9.17) is 4.84 Å². The third-order valence-corrected chi connectivity index (χ3v) is 14.6. The molecule has 1 saturated heterocycles. The van der Waals surface area contributed by atoms with Crippen LogP contribution in [0.25, 0.3) is 0 Å².